The van der Waals surface area contributed by atoms with Crippen molar-refractivity contribution in [2.75, 3.05) is 4.90 Å². The maximum atomic E-state index is 14.0. The zero-order chi connectivity index (χ0) is 19.8. The van der Waals surface area contributed by atoms with Gasteiger partial charge in [-0.15, -0.1) is 0 Å². The van der Waals surface area contributed by atoms with Crippen molar-refractivity contribution in [1.82, 2.24) is 9.97 Å². The number of aryl methyl sites for hydroxylation is 1. The molecule has 28 heavy (non-hydrogen) atoms. The molecular formula is C20H12ClF2N3O2. The van der Waals surface area contributed by atoms with Gasteiger partial charge >= 0.3 is 0 Å². The number of hydrogen-bond acceptors (Lipinski definition) is 4. The van der Waals surface area contributed by atoms with Crippen molar-refractivity contribution in [3.05, 3.63) is 71.3 Å². The Labute approximate surface area is 163 Å². The number of rotatable bonds is 4. The molecule has 0 fully saturated rings. The van der Waals surface area contributed by atoms with Crippen molar-refractivity contribution < 1.29 is 18.0 Å². The summed E-state index contributed by atoms with van der Waals surface area (Å²) in [7, 11) is 0. The minimum atomic E-state index is -0.939. The van der Waals surface area contributed by atoms with E-state index in [1.165, 1.54) is 0 Å². The van der Waals surface area contributed by atoms with Crippen LogP contribution in [0.25, 0.3) is 22.2 Å². The van der Waals surface area contributed by atoms with Crippen LogP contribution in [0.2, 0.25) is 5.02 Å². The molecule has 0 radical (unpaired) electrons. The van der Waals surface area contributed by atoms with Crippen LogP contribution < -0.4 is 4.90 Å². The number of benzene rings is 2. The van der Waals surface area contributed by atoms with Crippen molar-refractivity contribution in [3.8, 4) is 11.1 Å². The Morgan fingerprint density at radius 2 is 1.79 bits per heavy atom. The molecule has 5 nitrogen and oxygen atoms in total. The SMILES string of the molecule is Cc1nc2cc(Cl)c(-c3ccc(N(C=O)c4c(F)cncc4F)cc3)cc2o1. The first-order valence-corrected chi connectivity index (χ1v) is 8.56. The van der Waals surface area contributed by atoms with Crippen LogP contribution in [0.1, 0.15) is 5.89 Å². The van der Waals surface area contributed by atoms with Crippen LogP contribution in [0.15, 0.2) is 53.2 Å². The van der Waals surface area contributed by atoms with Crippen LogP contribution in [0.5, 0.6) is 0 Å². The number of carbonyl (C=O) groups is 1. The van der Waals surface area contributed by atoms with Gasteiger partial charge in [-0.05, 0) is 29.8 Å². The summed E-state index contributed by atoms with van der Waals surface area (Å²) in [6.07, 6.45) is 2.03. The van der Waals surface area contributed by atoms with E-state index in [0.29, 0.717) is 34.0 Å². The summed E-state index contributed by atoms with van der Waals surface area (Å²) in [6.45, 7) is 1.74. The van der Waals surface area contributed by atoms with Crippen LogP contribution in [0, 0.1) is 18.6 Å². The van der Waals surface area contributed by atoms with Crippen LogP contribution >= 0.6 is 11.6 Å². The number of nitrogens with zero attached hydrogens (tertiary/aromatic N) is 3. The average molecular weight is 400 g/mol. The predicted molar refractivity (Wildman–Crippen MR) is 102 cm³/mol. The monoisotopic (exact) mass is 399 g/mol. The summed E-state index contributed by atoms with van der Waals surface area (Å²) in [5, 5.41) is 0.479. The van der Waals surface area contributed by atoms with E-state index in [1.54, 1.807) is 43.3 Å². The van der Waals surface area contributed by atoms with E-state index in [4.69, 9.17) is 16.0 Å². The Balaban J connectivity index is 1.74. The van der Waals surface area contributed by atoms with E-state index in [1.807, 2.05) is 0 Å². The minimum Gasteiger partial charge on any atom is -0.441 e. The second-order valence-corrected chi connectivity index (χ2v) is 6.41. The van der Waals surface area contributed by atoms with E-state index < -0.39 is 17.3 Å². The van der Waals surface area contributed by atoms with Crippen molar-refractivity contribution >= 4 is 40.5 Å². The van der Waals surface area contributed by atoms with Gasteiger partial charge in [0.05, 0.1) is 17.4 Å². The molecule has 0 aliphatic carbocycles. The van der Waals surface area contributed by atoms with Gasteiger partial charge in [0.1, 0.15) is 11.2 Å². The molecule has 2 aromatic heterocycles. The topological polar surface area (TPSA) is 59.2 Å². The molecule has 0 saturated carbocycles. The molecule has 0 atom stereocenters. The van der Waals surface area contributed by atoms with Gasteiger partial charge in [0, 0.05) is 18.2 Å². The Bertz CT molecular complexity index is 1170. The molecule has 2 aromatic carbocycles. The lowest BCUT2D eigenvalue weighted by molar-refractivity contribution is -0.106. The first kappa shape index (κ1) is 18.1. The molecule has 0 unspecified atom stereocenters. The normalized spacial score (nSPS) is 11.0. The van der Waals surface area contributed by atoms with E-state index >= 15 is 0 Å². The maximum Gasteiger partial charge on any atom is 0.218 e. The fourth-order valence-corrected chi connectivity index (χ4v) is 3.23. The van der Waals surface area contributed by atoms with E-state index in [-0.39, 0.29) is 5.69 Å². The lowest BCUT2D eigenvalue weighted by Crippen LogP contribution is -2.17. The number of anilines is 2. The predicted octanol–water partition coefficient (Wildman–Crippen LogP) is 5.42. The van der Waals surface area contributed by atoms with E-state index in [9.17, 15) is 13.6 Å². The maximum absolute atomic E-state index is 14.0. The summed E-state index contributed by atoms with van der Waals surface area (Å²) in [5.74, 6) is -1.35. The summed E-state index contributed by atoms with van der Waals surface area (Å²) in [4.78, 5) is 20.0. The van der Waals surface area contributed by atoms with Crippen LogP contribution in [-0.4, -0.2) is 16.4 Å². The molecule has 0 aliphatic heterocycles. The molecule has 4 aromatic rings. The second kappa shape index (κ2) is 7.01. The third-order valence-electron chi connectivity index (χ3n) is 4.22. The fraction of sp³-hybridized carbons (Fsp3) is 0.0500. The standard InChI is InChI=1S/C20H12ClF2N3O2/c1-11-25-18-7-15(21)14(6-19(18)28-11)12-2-4-13(5-3-12)26(10-27)20-16(22)8-24-9-17(20)23/h2-10H,1H3. The summed E-state index contributed by atoms with van der Waals surface area (Å²) >= 11 is 6.36. The van der Waals surface area contributed by atoms with Crippen LogP contribution in [-0.2, 0) is 4.79 Å². The largest absolute Gasteiger partial charge is 0.441 e. The van der Waals surface area contributed by atoms with Gasteiger partial charge in [-0.1, -0.05) is 23.7 Å². The Morgan fingerprint density at radius 1 is 1.11 bits per heavy atom. The van der Waals surface area contributed by atoms with Crippen LogP contribution in [0.4, 0.5) is 20.2 Å². The van der Waals surface area contributed by atoms with Crippen molar-refractivity contribution in [2.24, 2.45) is 0 Å². The third kappa shape index (κ3) is 3.10. The number of halogens is 3. The first-order valence-electron chi connectivity index (χ1n) is 8.18. The zero-order valence-corrected chi connectivity index (χ0v) is 15.2. The number of hydrogen-bond donors (Lipinski definition) is 0. The molecule has 0 spiro atoms. The summed E-state index contributed by atoms with van der Waals surface area (Å²) < 4.78 is 33.5. The highest BCUT2D eigenvalue weighted by Crippen LogP contribution is 2.35. The highest BCUT2D eigenvalue weighted by molar-refractivity contribution is 6.34. The summed E-state index contributed by atoms with van der Waals surface area (Å²) in [5.41, 5.74) is 2.49. The van der Waals surface area contributed by atoms with E-state index in [0.717, 1.165) is 22.9 Å². The molecule has 0 bridgehead atoms. The molecule has 2 heterocycles. The number of amides is 1. The third-order valence-corrected chi connectivity index (χ3v) is 4.53. The average Bonchev–Trinajstić information content (AvgIpc) is 3.03. The first-order chi connectivity index (χ1) is 13.5. The smallest absolute Gasteiger partial charge is 0.218 e. The van der Waals surface area contributed by atoms with Crippen LogP contribution in [0.3, 0.4) is 0 Å². The van der Waals surface area contributed by atoms with Crippen molar-refractivity contribution in [1.29, 1.82) is 0 Å². The minimum absolute atomic E-state index is 0.287. The number of oxazole rings is 1. The molecule has 0 aliphatic rings. The second-order valence-electron chi connectivity index (χ2n) is 6.01. The number of aromatic nitrogens is 2. The molecule has 1 amide bonds. The summed E-state index contributed by atoms with van der Waals surface area (Å²) in [6, 6.07) is 9.99. The van der Waals surface area contributed by atoms with Gasteiger partial charge in [-0.3, -0.25) is 14.7 Å². The van der Waals surface area contributed by atoms with Gasteiger partial charge in [-0.25, -0.2) is 13.8 Å². The molecule has 140 valence electrons. The Morgan fingerprint density at radius 3 is 2.43 bits per heavy atom. The number of fused-ring (bicyclic) bond motifs is 1. The van der Waals surface area contributed by atoms with Crippen molar-refractivity contribution in [2.45, 2.75) is 6.92 Å². The van der Waals surface area contributed by atoms with Gasteiger partial charge in [-0.2, -0.15) is 0 Å². The van der Waals surface area contributed by atoms with Gasteiger partial charge < -0.3 is 4.42 Å². The number of pyridine rings is 1. The molecule has 4 rings (SSSR count). The quantitative estimate of drug-likeness (QED) is 0.430. The molecule has 0 saturated heterocycles. The van der Waals surface area contributed by atoms with E-state index in [2.05, 4.69) is 9.97 Å². The van der Waals surface area contributed by atoms with Gasteiger partial charge in [0.2, 0.25) is 6.41 Å². The Kier molecular flexibility index (Phi) is 4.52. The highest BCUT2D eigenvalue weighted by atomic mass is 35.5. The fourth-order valence-electron chi connectivity index (χ4n) is 2.96. The zero-order valence-electron chi connectivity index (χ0n) is 14.5. The number of carbonyl (C=O) groups excluding carboxylic acids is 1. The molecule has 8 heteroatoms. The molecule has 0 N–H and O–H groups in total. The van der Waals surface area contributed by atoms with Crippen molar-refractivity contribution in [3.63, 3.8) is 0 Å². The molecular weight excluding hydrogens is 388 g/mol. The Hall–Kier alpha value is -3.32. The van der Waals surface area contributed by atoms with Gasteiger partial charge in [0.15, 0.2) is 23.1 Å². The van der Waals surface area contributed by atoms with Gasteiger partial charge in [0.25, 0.3) is 0 Å². The lowest BCUT2D eigenvalue weighted by atomic mass is 10.0. The lowest BCUT2D eigenvalue weighted by Gasteiger charge is -2.19. The highest BCUT2D eigenvalue weighted by Gasteiger charge is 2.19.